The summed E-state index contributed by atoms with van der Waals surface area (Å²) >= 11 is 1.51. The monoisotopic (exact) mass is 401 g/mol. The smallest absolute Gasteiger partial charge is 0.407 e. The van der Waals surface area contributed by atoms with Gasteiger partial charge >= 0.3 is 12.1 Å². The van der Waals surface area contributed by atoms with E-state index in [0.29, 0.717) is 12.2 Å². The minimum atomic E-state index is -0.946. The minimum Gasteiger partial charge on any atom is -0.481 e. The Hall–Kier alpha value is -2.47. The highest BCUT2D eigenvalue weighted by atomic mass is 32.2. The molecular weight excluding hydrogens is 374 g/mol. The molecule has 1 amide bonds. The molecule has 0 unspecified atom stereocenters. The largest absolute Gasteiger partial charge is 0.481 e. The first-order valence-electron chi connectivity index (χ1n) is 9.19. The van der Waals surface area contributed by atoms with Crippen molar-refractivity contribution >= 4 is 23.8 Å². The van der Waals surface area contributed by atoms with E-state index in [1.807, 2.05) is 60.7 Å². The quantitative estimate of drug-likeness (QED) is 0.632. The van der Waals surface area contributed by atoms with E-state index in [9.17, 15) is 14.7 Å². The lowest BCUT2D eigenvalue weighted by molar-refractivity contribution is -0.142. The van der Waals surface area contributed by atoms with Crippen LogP contribution in [0.4, 0.5) is 4.79 Å². The molecule has 2 N–H and O–H groups in total. The second kappa shape index (κ2) is 10.2. The number of aliphatic carboxylic acids is 1. The van der Waals surface area contributed by atoms with Crippen molar-refractivity contribution in [2.45, 2.75) is 43.7 Å². The molecule has 0 aliphatic rings. The van der Waals surface area contributed by atoms with E-state index in [1.54, 1.807) is 20.8 Å². The number of carbonyl (C=O) groups excluding carboxylic acids is 1. The average molecular weight is 402 g/mol. The van der Waals surface area contributed by atoms with Crippen molar-refractivity contribution in [3.05, 3.63) is 66.2 Å². The molecule has 28 heavy (non-hydrogen) atoms. The number of hydrogen-bond donors (Lipinski definition) is 2. The lowest BCUT2D eigenvalue weighted by Gasteiger charge is -2.27. The highest BCUT2D eigenvalue weighted by Crippen LogP contribution is 2.23. The fraction of sp³-hybridized carbons (Fsp3) is 0.364. The van der Waals surface area contributed by atoms with Crippen LogP contribution < -0.4 is 5.32 Å². The molecule has 5 nitrogen and oxygen atoms in total. The van der Waals surface area contributed by atoms with Crippen LogP contribution in [0.2, 0.25) is 0 Å². The standard InChI is InChI=1S/C22H27NO4S/c1-22(2,3)27-21(26)23-19(15-28-17-12-8-5-9-13-17)18(20(24)25)14-16-10-6-4-7-11-16/h4-13,18-19H,14-15H2,1-3H3,(H,23,26)(H,24,25)/t18-,19+/m0/s1. The van der Waals surface area contributed by atoms with Crippen LogP contribution >= 0.6 is 11.8 Å². The van der Waals surface area contributed by atoms with Gasteiger partial charge in [-0.25, -0.2) is 4.79 Å². The maximum atomic E-state index is 12.3. The van der Waals surface area contributed by atoms with E-state index >= 15 is 0 Å². The van der Waals surface area contributed by atoms with Gasteiger partial charge in [-0.3, -0.25) is 4.79 Å². The van der Waals surface area contributed by atoms with Gasteiger partial charge in [0.2, 0.25) is 0 Å². The Morgan fingerprint density at radius 1 is 1.04 bits per heavy atom. The zero-order valence-electron chi connectivity index (χ0n) is 16.4. The molecule has 2 aromatic rings. The molecule has 0 heterocycles. The van der Waals surface area contributed by atoms with E-state index in [4.69, 9.17) is 4.74 Å². The van der Waals surface area contributed by atoms with Crippen LogP contribution in [0.15, 0.2) is 65.6 Å². The van der Waals surface area contributed by atoms with Crippen molar-refractivity contribution < 1.29 is 19.4 Å². The highest BCUT2D eigenvalue weighted by Gasteiger charge is 2.31. The van der Waals surface area contributed by atoms with Gasteiger partial charge < -0.3 is 15.2 Å². The van der Waals surface area contributed by atoms with Gasteiger partial charge in [0.15, 0.2) is 0 Å². The molecule has 0 saturated heterocycles. The van der Waals surface area contributed by atoms with Gasteiger partial charge in [-0.05, 0) is 44.9 Å². The van der Waals surface area contributed by atoms with Crippen LogP contribution in [-0.4, -0.2) is 34.6 Å². The summed E-state index contributed by atoms with van der Waals surface area (Å²) in [7, 11) is 0. The topological polar surface area (TPSA) is 75.6 Å². The molecule has 150 valence electrons. The fourth-order valence-electron chi connectivity index (χ4n) is 2.69. The summed E-state index contributed by atoms with van der Waals surface area (Å²) in [6.45, 7) is 5.33. The lowest BCUT2D eigenvalue weighted by atomic mass is 9.93. The maximum Gasteiger partial charge on any atom is 0.407 e. The minimum absolute atomic E-state index is 0.325. The third-order valence-electron chi connectivity index (χ3n) is 3.98. The Morgan fingerprint density at radius 3 is 2.14 bits per heavy atom. The second-order valence-corrected chi connectivity index (χ2v) is 8.60. The fourth-order valence-corrected chi connectivity index (χ4v) is 3.73. The number of carbonyl (C=O) groups is 2. The molecule has 0 aromatic heterocycles. The number of amides is 1. The number of carboxylic acids is 1. The molecule has 0 fully saturated rings. The zero-order chi connectivity index (χ0) is 20.6. The second-order valence-electron chi connectivity index (χ2n) is 7.51. The molecular formula is C22H27NO4S. The summed E-state index contributed by atoms with van der Waals surface area (Å²) in [4.78, 5) is 25.4. The van der Waals surface area contributed by atoms with Gasteiger partial charge in [-0.15, -0.1) is 11.8 Å². The van der Waals surface area contributed by atoms with Gasteiger partial charge in [0, 0.05) is 10.6 Å². The lowest BCUT2D eigenvalue weighted by Crippen LogP contribution is -2.47. The summed E-state index contributed by atoms with van der Waals surface area (Å²) in [6.07, 6.45) is -0.281. The maximum absolute atomic E-state index is 12.3. The van der Waals surface area contributed by atoms with Crippen molar-refractivity contribution in [3.63, 3.8) is 0 Å². The Bertz CT molecular complexity index is 759. The zero-order valence-corrected chi connectivity index (χ0v) is 17.2. The molecule has 0 aliphatic carbocycles. The van der Waals surface area contributed by atoms with Gasteiger partial charge in [0.05, 0.1) is 12.0 Å². The van der Waals surface area contributed by atoms with Crippen molar-refractivity contribution in [1.82, 2.24) is 5.32 Å². The summed E-state index contributed by atoms with van der Waals surface area (Å²) in [5.41, 5.74) is 0.259. The number of ether oxygens (including phenoxy) is 1. The number of thioether (sulfide) groups is 1. The molecule has 2 aromatic carbocycles. The van der Waals surface area contributed by atoms with E-state index < -0.39 is 29.6 Å². The Labute approximate surface area is 170 Å². The van der Waals surface area contributed by atoms with Crippen molar-refractivity contribution in [1.29, 1.82) is 0 Å². The van der Waals surface area contributed by atoms with Crippen LogP contribution in [0, 0.1) is 5.92 Å². The first kappa shape index (κ1) is 21.8. The number of alkyl carbamates (subject to hydrolysis) is 1. The van der Waals surface area contributed by atoms with Crippen LogP contribution in [0.3, 0.4) is 0 Å². The first-order valence-corrected chi connectivity index (χ1v) is 10.2. The average Bonchev–Trinajstić information content (AvgIpc) is 2.63. The first-order chi connectivity index (χ1) is 13.2. The number of benzene rings is 2. The molecule has 2 rings (SSSR count). The predicted octanol–water partition coefficient (Wildman–Crippen LogP) is 4.62. The normalized spacial score (nSPS) is 13.4. The molecule has 0 bridgehead atoms. The number of hydrogen-bond acceptors (Lipinski definition) is 4. The molecule has 0 aliphatic heterocycles. The summed E-state index contributed by atoms with van der Waals surface area (Å²) in [5.74, 6) is -1.29. The van der Waals surface area contributed by atoms with Gasteiger partial charge in [-0.2, -0.15) is 0 Å². The summed E-state index contributed by atoms with van der Waals surface area (Å²) < 4.78 is 5.35. The van der Waals surface area contributed by atoms with Gasteiger partial charge in [-0.1, -0.05) is 48.5 Å². The Kier molecular flexibility index (Phi) is 7.93. The number of rotatable bonds is 8. The Balaban J connectivity index is 2.17. The SMILES string of the molecule is CC(C)(C)OC(=O)N[C@H](CSc1ccccc1)[C@H](Cc1ccccc1)C(=O)O. The van der Waals surface area contributed by atoms with Crippen LogP contribution in [0.5, 0.6) is 0 Å². The number of nitrogens with one attached hydrogen (secondary N) is 1. The van der Waals surface area contributed by atoms with Crippen molar-refractivity contribution in [2.24, 2.45) is 5.92 Å². The summed E-state index contributed by atoms with van der Waals surface area (Å²) in [6, 6.07) is 18.6. The van der Waals surface area contributed by atoms with Crippen LogP contribution in [0.1, 0.15) is 26.3 Å². The third kappa shape index (κ3) is 7.64. The Morgan fingerprint density at radius 2 is 1.61 bits per heavy atom. The van der Waals surface area contributed by atoms with Crippen molar-refractivity contribution in [2.75, 3.05) is 5.75 Å². The van der Waals surface area contributed by atoms with E-state index in [0.717, 1.165) is 10.5 Å². The van der Waals surface area contributed by atoms with Crippen LogP contribution in [-0.2, 0) is 16.0 Å². The summed E-state index contributed by atoms with van der Waals surface area (Å²) in [5, 5.41) is 12.6. The number of carboxylic acid groups (broad SMARTS) is 1. The van der Waals surface area contributed by atoms with Crippen LogP contribution in [0.25, 0.3) is 0 Å². The van der Waals surface area contributed by atoms with Gasteiger partial charge in [0.1, 0.15) is 5.60 Å². The highest BCUT2D eigenvalue weighted by molar-refractivity contribution is 7.99. The predicted molar refractivity (Wildman–Crippen MR) is 112 cm³/mol. The molecule has 2 atom stereocenters. The molecule has 0 saturated carbocycles. The molecule has 6 heteroatoms. The van der Waals surface area contributed by atoms with E-state index in [1.165, 1.54) is 11.8 Å². The van der Waals surface area contributed by atoms with Crippen molar-refractivity contribution in [3.8, 4) is 0 Å². The van der Waals surface area contributed by atoms with Gasteiger partial charge in [0.25, 0.3) is 0 Å². The third-order valence-corrected chi connectivity index (χ3v) is 5.11. The molecule has 0 radical (unpaired) electrons. The molecule has 0 spiro atoms. The van der Waals surface area contributed by atoms with E-state index in [-0.39, 0.29) is 0 Å². The van der Waals surface area contributed by atoms with E-state index in [2.05, 4.69) is 5.32 Å².